The van der Waals surface area contributed by atoms with Crippen LogP contribution in [0.15, 0.2) is 30.3 Å². The molecule has 0 aliphatic carbocycles. The van der Waals surface area contributed by atoms with E-state index in [9.17, 15) is 9.90 Å². The largest absolute Gasteiger partial charge is 0.394 e. The fourth-order valence-electron chi connectivity index (χ4n) is 2.10. The van der Waals surface area contributed by atoms with Crippen LogP contribution in [0.3, 0.4) is 0 Å². The Balaban J connectivity index is 1.86. The van der Waals surface area contributed by atoms with E-state index >= 15 is 0 Å². The molecule has 5 nitrogen and oxygen atoms in total. The van der Waals surface area contributed by atoms with Crippen molar-refractivity contribution in [3.8, 4) is 0 Å². The van der Waals surface area contributed by atoms with Crippen molar-refractivity contribution < 1.29 is 14.6 Å². The minimum Gasteiger partial charge on any atom is -0.394 e. The van der Waals surface area contributed by atoms with Crippen LogP contribution in [0, 0.1) is 0 Å². The van der Waals surface area contributed by atoms with Crippen molar-refractivity contribution >= 4 is 5.91 Å². The lowest BCUT2D eigenvalue weighted by Gasteiger charge is -2.25. The zero-order valence-electron chi connectivity index (χ0n) is 10.8. The van der Waals surface area contributed by atoms with Crippen molar-refractivity contribution in [3.63, 3.8) is 0 Å². The van der Waals surface area contributed by atoms with Crippen LogP contribution >= 0.6 is 0 Å². The molecule has 1 heterocycles. The Morgan fingerprint density at radius 1 is 1.47 bits per heavy atom. The monoisotopic (exact) mass is 264 g/mol. The van der Waals surface area contributed by atoms with Gasteiger partial charge in [0, 0.05) is 6.54 Å². The number of morpholine rings is 1. The molecule has 1 unspecified atom stereocenters. The maximum Gasteiger partial charge on any atom is 0.239 e. The van der Waals surface area contributed by atoms with E-state index in [2.05, 4.69) is 10.6 Å². The van der Waals surface area contributed by atoms with Crippen LogP contribution < -0.4 is 10.6 Å². The summed E-state index contributed by atoms with van der Waals surface area (Å²) in [5.74, 6) is -0.116. The second-order valence-electron chi connectivity index (χ2n) is 4.66. The number of aliphatic hydroxyl groups excluding tert-OH is 1. The van der Waals surface area contributed by atoms with Gasteiger partial charge in [0.2, 0.25) is 5.91 Å². The first kappa shape index (κ1) is 14.0. The number of benzene rings is 1. The third-order valence-corrected chi connectivity index (χ3v) is 3.13. The van der Waals surface area contributed by atoms with Gasteiger partial charge in [-0.3, -0.25) is 4.79 Å². The third kappa shape index (κ3) is 4.31. The first-order valence-corrected chi connectivity index (χ1v) is 6.56. The van der Waals surface area contributed by atoms with Crippen molar-refractivity contribution in [2.24, 2.45) is 0 Å². The summed E-state index contributed by atoms with van der Waals surface area (Å²) in [6.07, 6.45) is 0.622. The number of carbonyl (C=O) groups excluding carboxylic acids is 1. The lowest BCUT2D eigenvalue weighted by atomic mass is 10.1. The van der Waals surface area contributed by atoms with Gasteiger partial charge in [0.1, 0.15) is 6.04 Å². The second kappa shape index (κ2) is 7.23. The Kier molecular flexibility index (Phi) is 5.32. The summed E-state index contributed by atoms with van der Waals surface area (Å²) in [7, 11) is 0. The van der Waals surface area contributed by atoms with E-state index in [0.717, 1.165) is 5.56 Å². The molecular formula is C14H20N2O3. The quantitative estimate of drug-likeness (QED) is 0.682. The van der Waals surface area contributed by atoms with Crippen LogP contribution in [0.25, 0.3) is 0 Å². The number of nitrogens with one attached hydrogen (secondary N) is 2. The highest BCUT2D eigenvalue weighted by atomic mass is 16.5. The molecule has 2 rings (SSSR count). The summed E-state index contributed by atoms with van der Waals surface area (Å²) in [5.41, 5.74) is 1.09. The predicted octanol–water partition coefficient (Wildman–Crippen LogP) is -0.305. The first-order chi connectivity index (χ1) is 9.29. The summed E-state index contributed by atoms with van der Waals surface area (Å²) in [4.78, 5) is 12.0. The molecule has 0 radical (unpaired) electrons. The van der Waals surface area contributed by atoms with Crippen LogP contribution in [-0.2, 0) is 16.0 Å². The Labute approximate surface area is 113 Å². The van der Waals surface area contributed by atoms with Gasteiger partial charge in [-0.15, -0.1) is 0 Å². The highest BCUT2D eigenvalue weighted by molar-refractivity contribution is 5.82. The van der Waals surface area contributed by atoms with Crippen LogP contribution in [0.1, 0.15) is 5.56 Å². The van der Waals surface area contributed by atoms with Crippen LogP contribution in [0.5, 0.6) is 0 Å². The van der Waals surface area contributed by atoms with E-state index in [4.69, 9.17) is 4.74 Å². The van der Waals surface area contributed by atoms with E-state index in [1.165, 1.54) is 0 Å². The van der Waals surface area contributed by atoms with E-state index in [1.54, 1.807) is 0 Å². The van der Waals surface area contributed by atoms with Gasteiger partial charge in [-0.1, -0.05) is 30.3 Å². The van der Waals surface area contributed by atoms with Gasteiger partial charge in [-0.2, -0.15) is 0 Å². The van der Waals surface area contributed by atoms with Crippen molar-refractivity contribution in [1.82, 2.24) is 10.6 Å². The molecular weight excluding hydrogens is 244 g/mol. The van der Waals surface area contributed by atoms with Crippen LogP contribution in [0.4, 0.5) is 0 Å². The molecule has 3 N–H and O–H groups in total. The van der Waals surface area contributed by atoms with Gasteiger partial charge in [0.05, 0.1) is 25.9 Å². The molecule has 1 aromatic rings. The zero-order chi connectivity index (χ0) is 13.5. The Morgan fingerprint density at radius 3 is 2.89 bits per heavy atom. The minimum atomic E-state index is -0.321. The van der Waals surface area contributed by atoms with Gasteiger partial charge in [-0.05, 0) is 12.0 Å². The second-order valence-corrected chi connectivity index (χ2v) is 4.66. The van der Waals surface area contributed by atoms with E-state index in [-0.39, 0.29) is 24.6 Å². The lowest BCUT2D eigenvalue weighted by Crippen LogP contribution is -2.54. The summed E-state index contributed by atoms with van der Waals surface area (Å²) in [5, 5.41) is 15.3. The molecule has 1 aliphatic rings. The summed E-state index contributed by atoms with van der Waals surface area (Å²) >= 11 is 0. The van der Waals surface area contributed by atoms with Gasteiger partial charge < -0.3 is 20.5 Å². The average Bonchev–Trinajstić information content (AvgIpc) is 2.48. The fourth-order valence-corrected chi connectivity index (χ4v) is 2.10. The maximum absolute atomic E-state index is 12.0. The summed E-state index contributed by atoms with van der Waals surface area (Å²) in [6.45, 7) is 1.63. The molecule has 0 spiro atoms. The van der Waals surface area contributed by atoms with Crippen molar-refractivity contribution in [3.05, 3.63) is 35.9 Å². The topological polar surface area (TPSA) is 70.6 Å². The molecule has 0 bridgehead atoms. The average molecular weight is 264 g/mol. The molecule has 2 atom stereocenters. The summed E-state index contributed by atoms with van der Waals surface area (Å²) < 4.78 is 5.25. The van der Waals surface area contributed by atoms with Gasteiger partial charge in [0.25, 0.3) is 0 Å². The smallest absolute Gasteiger partial charge is 0.239 e. The molecule has 1 saturated heterocycles. The number of amides is 1. The van der Waals surface area contributed by atoms with E-state index in [0.29, 0.717) is 26.2 Å². The minimum absolute atomic E-state index is 0.0752. The predicted molar refractivity (Wildman–Crippen MR) is 71.8 cm³/mol. The standard InChI is InChI=1S/C14H20N2O3/c17-9-12(8-11-4-2-1-3-5-11)16-14(18)13-10-19-7-6-15-13/h1-5,12-13,15,17H,6-10H2,(H,16,18)/t12-,13?/m0/s1. The number of rotatable bonds is 5. The Bertz CT molecular complexity index is 391. The molecule has 1 aromatic carbocycles. The highest BCUT2D eigenvalue weighted by Crippen LogP contribution is 2.03. The Morgan fingerprint density at radius 2 is 2.26 bits per heavy atom. The molecule has 5 heteroatoms. The van der Waals surface area contributed by atoms with Gasteiger partial charge in [0.15, 0.2) is 0 Å². The molecule has 1 fully saturated rings. The van der Waals surface area contributed by atoms with Gasteiger partial charge in [-0.25, -0.2) is 0 Å². The van der Waals surface area contributed by atoms with Crippen LogP contribution in [-0.4, -0.2) is 49.5 Å². The zero-order valence-corrected chi connectivity index (χ0v) is 10.8. The van der Waals surface area contributed by atoms with E-state index in [1.807, 2.05) is 30.3 Å². The SMILES string of the molecule is O=C(N[C@H](CO)Cc1ccccc1)C1COCCN1. The van der Waals surface area contributed by atoms with Crippen molar-refractivity contribution in [1.29, 1.82) is 0 Å². The fraction of sp³-hybridized carbons (Fsp3) is 0.500. The van der Waals surface area contributed by atoms with Crippen molar-refractivity contribution in [2.75, 3.05) is 26.4 Å². The van der Waals surface area contributed by atoms with Gasteiger partial charge >= 0.3 is 0 Å². The Hall–Kier alpha value is -1.43. The number of hydrogen-bond acceptors (Lipinski definition) is 4. The highest BCUT2D eigenvalue weighted by Gasteiger charge is 2.23. The number of ether oxygens (including phenoxy) is 1. The summed E-state index contributed by atoms with van der Waals surface area (Å²) in [6, 6.07) is 9.22. The van der Waals surface area contributed by atoms with Crippen molar-refractivity contribution in [2.45, 2.75) is 18.5 Å². The molecule has 1 aliphatic heterocycles. The van der Waals surface area contributed by atoms with Crippen LogP contribution in [0.2, 0.25) is 0 Å². The molecule has 1 amide bonds. The number of carbonyl (C=O) groups is 1. The normalized spacial score (nSPS) is 20.8. The molecule has 0 saturated carbocycles. The number of hydrogen-bond donors (Lipinski definition) is 3. The third-order valence-electron chi connectivity index (χ3n) is 3.13. The molecule has 19 heavy (non-hydrogen) atoms. The van der Waals surface area contributed by atoms with E-state index < -0.39 is 0 Å². The number of aliphatic hydroxyl groups is 1. The maximum atomic E-state index is 12.0. The first-order valence-electron chi connectivity index (χ1n) is 6.56. The molecule has 104 valence electrons. The lowest BCUT2D eigenvalue weighted by molar-refractivity contribution is -0.126. The molecule has 0 aromatic heterocycles.